The maximum Gasteiger partial charge on any atom is 0.232 e. The van der Waals surface area contributed by atoms with Crippen molar-refractivity contribution >= 4 is 51.3 Å². The van der Waals surface area contributed by atoms with Crippen molar-refractivity contribution in [2.24, 2.45) is 0 Å². The molecule has 4 rings (SSSR count). The Labute approximate surface area is 149 Å². The van der Waals surface area contributed by atoms with E-state index in [1.165, 1.54) is 6.92 Å². The van der Waals surface area contributed by atoms with E-state index in [-0.39, 0.29) is 11.9 Å². The molecule has 0 unspecified atom stereocenters. The van der Waals surface area contributed by atoms with Crippen molar-refractivity contribution < 1.29 is 9.21 Å². The first-order valence-corrected chi connectivity index (χ1v) is 8.52. The van der Waals surface area contributed by atoms with Crippen LogP contribution in [-0.2, 0) is 4.79 Å². The van der Waals surface area contributed by atoms with Crippen LogP contribution >= 0.6 is 11.6 Å². The van der Waals surface area contributed by atoms with Crippen molar-refractivity contribution in [2.45, 2.75) is 19.4 Å². The van der Waals surface area contributed by atoms with Gasteiger partial charge in [-0.05, 0) is 31.7 Å². The average Bonchev–Trinajstić information content (AvgIpc) is 3.18. The van der Waals surface area contributed by atoms with Gasteiger partial charge >= 0.3 is 0 Å². The molecule has 8 heteroatoms. The van der Waals surface area contributed by atoms with Gasteiger partial charge in [0.1, 0.15) is 11.1 Å². The third-order valence-corrected chi connectivity index (χ3v) is 4.68. The maximum absolute atomic E-state index is 11.5. The highest BCUT2D eigenvalue weighted by atomic mass is 35.5. The zero-order valence-corrected chi connectivity index (χ0v) is 14.7. The van der Waals surface area contributed by atoms with Crippen molar-refractivity contribution in [2.75, 3.05) is 30.4 Å². The van der Waals surface area contributed by atoms with Gasteiger partial charge in [0.25, 0.3) is 0 Å². The number of rotatable bonds is 3. The molecule has 0 bridgehead atoms. The van der Waals surface area contributed by atoms with Crippen molar-refractivity contribution in [3.63, 3.8) is 0 Å². The molecule has 1 amide bonds. The van der Waals surface area contributed by atoms with Crippen LogP contribution in [0.2, 0.25) is 5.02 Å². The van der Waals surface area contributed by atoms with E-state index in [4.69, 9.17) is 16.0 Å². The van der Waals surface area contributed by atoms with Crippen molar-refractivity contribution in [3.8, 4) is 0 Å². The number of amides is 1. The third kappa shape index (κ3) is 2.89. The summed E-state index contributed by atoms with van der Waals surface area (Å²) in [7, 11) is 1.95. The number of aromatic nitrogens is 2. The van der Waals surface area contributed by atoms with Gasteiger partial charge in [-0.3, -0.25) is 10.1 Å². The Balaban J connectivity index is 1.92. The highest BCUT2D eigenvalue weighted by molar-refractivity contribution is 6.31. The number of furan rings is 1. The van der Waals surface area contributed by atoms with Crippen LogP contribution in [0, 0.1) is 0 Å². The molecule has 0 radical (unpaired) electrons. The van der Waals surface area contributed by atoms with Crippen molar-refractivity contribution in [1.82, 2.24) is 15.3 Å². The van der Waals surface area contributed by atoms with E-state index in [0.717, 1.165) is 24.9 Å². The lowest BCUT2D eigenvalue weighted by Crippen LogP contribution is -2.30. The monoisotopic (exact) mass is 359 g/mol. The molecule has 3 heterocycles. The van der Waals surface area contributed by atoms with Gasteiger partial charge in [0.2, 0.25) is 11.9 Å². The minimum absolute atomic E-state index is 0.217. The molecule has 1 aromatic carbocycles. The number of hydrogen-bond acceptors (Lipinski definition) is 6. The summed E-state index contributed by atoms with van der Waals surface area (Å²) < 4.78 is 6.02. The van der Waals surface area contributed by atoms with E-state index < -0.39 is 0 Å². The van der Waals surface area contributed by atoms with Crippen molar-refractivity contribution in [3.05, 3.63) is 23.2 Å². The number of benzene rings is 1. The van der Waals surface area contributed by atoms with Gasteiger partial charge in [0.05, 0.1) is 0 Å². The van der Waals surface area contributed by atoms with Gasteiger partial charge in [-0.1, -0.05) is 11.6 Å². The lowest BCUT2D eigenvalue weighted by molar-refractivity contribution is -0.114. The number of likely N-dealkylation sites (N-methyl/N-ethyl adjacent to an activating group) is 1. The molecule has 25 heavy (non-hydrogen) atoms. The topological polar surface area (TPSA) is 83.3 Å². The molecule has 2 N–H and O–H groups in total. The highest BCUT2D eigenvalue weighted by Gasteiger charge is 2.27. The van der Waals surface area contributed by atoms with Gasteiger partial charge in [-0.2, -0.15) is 4.98 Å². The zero-order chi connectivity index (χ0) is 17.6. The molecular weight excluding hydrogens is 342 g/mol. The number of carbonyl (C=O) groups excluding carboxylic acids is 1. The van der Waals surface area contributed by atoms with E-state index in [0.29, 0.717) is 33.6 Å². The van der Waals surface area contributed by atoms with Crippen LogP contribution in [0.15, 0.2) is 22.6 Å². The molecule has 2 aromatic heterocycles. The second-order valence-electron chi connectivity index (χ2n) is 6.19. The molecule has 130 valence electrons. The fourth-order valence-electron chi connectivity index (χ4n) is 3.22. The first-order chi connectivity index (χ1) is 12.0. The van der Waals surface area contributed by atoms with E-state index in [1.807, 2.05) is 19.2 Å². The smallest absolute Gasteiger partial charge is 0.232 e. The Hall–Kier alpha value is -2.38. The molecule has 1 fully saturated rings. The van der Waals surface area contributed by atoms with E-state index in [2.05, 4.69) is 25.5 Å². The molecule has 0 spiro atoms. The molecular formula is C17H18ClN5O2. The third-order valence-electron chi connectivity index (χ3n) is 4.44. The number of nitrogens with zero attached hydrogens (tertiary/aromatic N) is 3. The van der Waals surface area contributed by atoms with Crippen LogP contribution in [0.5, 0.6) is 0 Å². The van der Waals surface area contributed by atoms with E-state index in [1.54, 1.807) is 6.07 Å². The lowest BCUT2D eigenvalue weighted by atomic mass is 10.2. The Morgan fingerprint density at radius 3 is 2.96 bits per heavy atom. The Morgan fingerprint density at radius 2 is 2.24 bits per heavy atom. The summed E-state index contributed by atoms with van der Waals surface area (Å²) in [4.78, 5) is 22.6. The number of carbonyl (C=O) groups is 1. The standard InChI is InChI=1S/C17H18ClN5O2/c1-9(24)20-17-21-14-12-7-10(18)3-4-13(12)25-15(14)16(22-17)23-6-5-11(8-23)19-2/h3-4,7,11,19H,5-6,8H2,1-2H3,(H,20,21,22,24)/t11-/m1/s1. The van der Waals surface area contributed by atoms with Crippen LogP contribution in [0.25, 0.3) is 22.1 Å². The van der Waals surface area contributed by atoms with Gasteiger partial charge < -0.3 is 14.6 Å². The molecule has 0 aliphatic carbocycles. The predicted octanol–water partition coefficient (Wildman–Crippen LogP) is 2.79. The van der Waals surface area contributed by atoms with Gasteiger partial charge in [-0.25, -0.2) is 4.98 Å². The lowest BCUT2D eigenvalue weighted by Gasteiger charge is -2.18. The molecule has 1 aliphatic rings. The fourth-order valence-corrected chi connectivity index (χ4v) is 3.39. The summed E-state index contributed by atoms with van der Waals surface area (Å²) >= 11 is 6.13. The van der Waals surface area contributed by atoms with Gasteiger partial charge in [0.15, 0.2) is 11.4 Å². The second-order valence-corrected chi connectivity index (χ2v) is 6.63. The number of halogens is 1. The highest BCUT2D eigenvalue weighted by Crippen LogP contribution is 2.36. The molecule has 3 aromatic rings. The molecule has 1 saturated heterocycles. The first kappa shape index (κ1) is 16.1. The summed E-state index contributed by atoms with van der Waals surface area (Å²) in [6.45, 7) is 3.11. The van der Waals surface area contributed by atoms with Crippen LogP contribution in [-0.4, -0.2) is 42.1 Å². The summed E-state index contributed by atoms with van der Waals surface area (Å²) in [6.07, 6.45) is 1.02. The average molecular weight is 360 g/mol. The Kier molecular flexibility index (Phi) is 3.97. The largest absolute Gasteiger partial charge is 0.450 e. The number of anilines is 2. The summed E-state index contributed by atoms with van der Waals surface area (Å²) in [6, 6.07) is 5.81. The molecule has 7 nitrogen and oxygen atoms in total. The van der Waals surface area contributed by atoms with Crippen LogP contribution in [0.1, 0.15) is 13.3 Å². The van der Waals surface area contributed by atoms with Crippen LogP contribution in [0.3, 0.4) is 0 Å². The fraction of sp³-hybridized carbons (Fsp3) is 0.353. The molecule has 0 saturated carbocycles. The normalized spacial score (nSPS) is 17.6. The Bertz CT molecular complexity index is 970. The quantitative estimate of drug-likeness (QED) is 0.748. The minimum atomic E-state index is -0.217. The number of fused-ring (bicyclic) bond motifs is 3. The summed E-state index contributed by atoms with van der Waals surface area (Å²) in [5, 5.41) is 7.38. The summed E-state index contributed by atoms with van der Waals surface area (Å²) in [5.74, 6) is 0.745. The summed E-state index contributed by atoms with van der Waals surface area (Å²) in [5.41, 5.74) is 1.96. The van der Waals surface area contributed by atoms with E-state index in [9.17, 15) is 4.79 Å². The number of nitrogens with one attached hydrogen (secondary N) is 2. The van der Waals surface area contributed by atoms with Crippen LogP contribution in [0.4, 0.5) is 11.8 Å². The van der Waals surface area contributed by atoms with Crippen molar-refractivity contribution in [1.29, 1.82) is 0 Å². The second kappa shape index (κ2) is 6.16. The molecule has 1 atom stereocenters. The predicted molar refractivity (Wildman–Crippen MR) is 98.3 cm³/mol. The zero-order valence-electron chi connectivity index (χ0n) is 14.0. The Morgan fingerprint density at radius 1 is 1.40 bits per heavy atom. The number of hydrogen-bond donors (Lipinski definition) is 2. The first-order valence-electron chi connectivity index (χ1n) is 8.15. The minimum Gasteiger partial charge on any atom is -0.450 e. The van der Waals surface area contributed by atoms with E-state index >= 15 is 0 Å². The SMILES string of the molecule is CN[C@@H]1CCN(c2nc(NC(C)=O)nc3c2oc2ccc(Cl)cc23)C1. The molecule has 1 aliphatic heterocycles. The van der Waals surface area contributed by atoms with Gasteiger partial charge in [-0.15, -0.1) is 0 Å². The van der Waals surface area contributed by atoms with Crippen LogP contribution < -0.4 is 15.5 Å². The van der Waals surface area contributed by atoms with Gasteiger partial charge in [0, 0.05) is 36.5 Å². The maximum atomic E-state index is 11.5.